The highest BCUT2D eigenvalue weighted by atomic mass is 16.2. The molecule has 0 atom stereocenters. The lowest BCUT2D eigenvalue weighted by atomic mass is 10.1. The average Bonchev–Trinajstić information content (AvgIpc) is 2.07. The molecule has 0 amide bonds. The maximum absolute atomic E-state index is 10.2. The molecule has 0 aliphatic carbocycles. The number of rotatable bonds is 2. The zero-order valence-corrected chi connectivity index (χ0v) is 7.50. The van der Waals surface area contributed by atoms with E-state index in [-0.39, 0.29) is 6.61 Å². The average molecular weight is 161 g/mol. The molecule has 0 saturated carbocycles. The van der Waals surface area contributed by atoms with Gasteiger partial charge in [-0.25, -0.2) is 5.11 Å². The minimum absolute atomic E-state index is 0.145. The molecular weight excluding hydrogens is 148 g/mol. The highest BCUT2D eigenvalue weighted by Gasteiger charge is 1.92. The van der Waals surface area contributed by atoms with Gasteiger partial charge in [0, 0.05) is 0 Å². The monoisotopic (exact) mass is 161 g/mol. The van der Waals surface area contributed by atoms with E-state index in [2.05, 4.69) is 18.2 Å². The van der Waals surface area contributed by atoms with Crippen molar-refractivity contribution in [2.75, 3.05) is 6.61 Å². The van der Waals surface area contributed by atoms with Gasteiger partial charge in [-0.3, -0.25) is 0 Å². The van der Waals surface area contributed by atoms with Crippen molar-refractivity contribution in [2.45, 2.75) is 13.8 Å². The van der Waals surface area contributed by atoms with E-state index in [9.17, 15) is 5.11 Å². The van der Waals surface area contributed by atoms with Crippen molar-refractivity contribution in [1.82, 2.24) is 0 Å². The molecule has 1 aromatic rings. The van der Waals surface area contributed by atoms with Gasteiger partial charge < -0.3 is 0 Å². The number of aryl methyl sites for hydroxylation is 2. The van der Waals surface area contributed by atoms with Crippen molar-refractivity contribution >= 4 is 6.08 Å². The van der Waals surface area contributed by atoms with E-state index in [1.807, 2.05) is 19.9 Å². The minimum Gasteiger partial charge on any atom is -0.232 e. The Bertz CT molecular complexity index is 287. The lowest BCUT2D eigenvalue weighted by Crippen LogP contribution is -1.82. The summed E-state index contributed by atoms with van der Waals surface area (Å²) in [5, 5.41) is 10.2. The predicted molar refractivity (Wildman–Crippen MR) is 50.5 cm³/mol. The van der Waals surface area contributed by atoms with Gasteiger partial charge in [0.1, 0.15) is 6.61 Å². The highest BCUT2D eigenvalue weighted by Crippen LogP contribution is 2.11. The molecule has 0 aliphatic rings. The summed E-state index contributed by atoms with van der Waals surface area (Å²) in [4.78, 5) is 0. The molecule has 1 aromatic carbocycles. The Morgan fingerprint density at radius 2 is 2.08 bits per heavy atom. The van der Waals surface area contributed by atoms with Gasteiger partial charge in [0.15, 0.2) is 0 Å². The number of hydrogen-bond acceptors (Lipinski definition) is 0. The van der Waals surface area contributed by atoms with E-state index in [0.717, 1.165) is 5.56 Å². The summed E-state index contributed by atoms with van der Waals surface area (Å²) in [6.45, 7) is 3.95. The second-order valence-corrected chi connectivity index (χ2v) is 2.93. The van der Waals surface area contributed by atoms with Gasteiger partial charge >= 0.3 is 0 Å². The van der Waals surface area contributed by atoms with Gasteiger partial charge in [-0.05, 0) is 25.0 Å². The minimum atomic E-state index is -0.145. The Balaban J connectivity index is 2.97. The lowest BCUT2D eigenvalue weighted by molar-refractivity contribution is 0.233. The smallest absolute Gasteiger partial charge is 0.101 e. The first-order valence-corrected chi connectivity index (χ1v) is 4.06. The summed E-state index contributed by atoms with van der Waals surface area (Å²) in [7, 11) is 0. The first-order valence-electron chi connectivity index (χ1n) is 4.06. The zero-order chi connectivity index (χ0) is 8.97. The van der Waals surface area contributed by atoms with Crippen LogP contribution in [0.2, 0.25) is 0 Å². The molecule has 1 rings (SSSR count). The van der Waals surface area contributed by atoms with Crippen molar-refractivity contribution in [2.24, 2.45) is 0 Å². The van der Waals surface area contributed by atoms with Crippen molar-refractivity contribution in [3.63, 3.8) is 0 Å². The molecule has 1 radical (unpaired) electrons. The quantitative estimate of drug-likeness (QED) is 0.635. The summed E-state index contributed by atoms with van der Waals surface area (Å²) in [6.07, 6.45) is 3.52. The van der Waals surface area contributed by atoms with E-state index in [0.29, 0.717) is 0 Å². The molecule has 0 fully saturated rings. The summed E-state index contributed by atoms with van der Waals surface area (Å²) in [6, 6.07) is 6.23. The normalized spacial score (nSPS) is 10.9. The van der Waals surface area contributed by atoms with E-state index in [1.165, 1.54) is 11.1 Å². The fourth-order valence-electron chi connectivity index (χ4n) is 1.11. The van der Waals surface area contributed by atoms with E-state index >= 15 is 0 Å². The summed E-state index contributed by atoms with van der Waals surface area (Å²) in [5.41, 5.74) is 3.59. The van der Waals surface area contributed by atoms with Crippen LogP contribution in [0.5, 0.6) is 0 Å². The molecule has 1 heteroatoms. The molecule has 12 heavy (non-hydrogen) atoms. The summed E-state index contributed by atoms with van der Waals surface area (Å²) in [5.74, 6) is 0. The molecule has 0 unspecified atom stereocenters. The zero-order valence-electron chi connectivity index (χ0n) is 7.50. The SMILES string of the molecule is Cc1ccc(C)c(/C=C/C[O])c1. The Kier molecular flexibility index (Phi) is 3.06. The van der Waals surface area contributed by atoms with Gasteiger partial charge in [-0.15, -0.1) is 0 Å². The maximum atomic E-state index is 10.2. The molecule has 63 valence electrons. The van der Waals surface area contributed by atoms with Crippen LogP contribution in [0.25, 0.3) is 6.08 Å². The van der Waals surface area contributed by atoms with Crippen LogP contribution >= 0.6 is 0 Å². The first kappa shape index (κ1) is 9.01. The second kappa shape index (κ2) is 4.07. The highest BCUT2D eigenvalue weighted by molar-refractivity contribution is 5.54. The van der Waals surface area contributed by atoms with Crippen LogP contribution in [0, 0.1) is 13.8 Å². The third-order valence-electron chi connectivity index (χ3n) is 1.83. The third kappa shape index (κ3) is 2.21. The van der Waals surface area contributed by atoms with Crippen molar-refractivity contribution in [3.8, 4) is 0 Å². The molecular formula is C11H13O. The topological polar surface area (TPSA) is 19.9 Å². The Hall–Kier alpha value is -1.08. The second-order valence-electron chi connectivity index (χ2n) is 2.93. The van der Waals surface area contributed by atoms with Crippen LogP contribution in [0.15, 0.2) is 24.3 Å². The molecule has 0 aliphatic heterocycles. The first-order chi connectivity index (χ1) is 5.74. The predicted octanol–water partition coefficient (Wildman–Crippen LogP) is 2.75. The van der Waals surface area contributed by atoms with Gasteiger partial charge in [0.2, 0.25) is 0 Å². The van der Waals surface area contributed by atoms with Crippen LogP contribution in [0.3, 0.4) is 0 Å². The lowest BCUT2D eigenvalue weighted by Gasteiger charge is -2.00. The van der Waals surface area contributed by atoms with Gasteiger partial charge in [0.25, 0.3) is 0 Å². The maximum Gasteiger partial charge on any atom is 0.101 e. The fourth-order valence-corrected chi connectivity index (χ4v) is 1.11. The standard InChI is InChI=1S/C11H13O/c1-9-5-6-10(2)11(8-9)4-3-7-12/h3-6,8H,7H2,1-2H3/b4-3+. The number of benzene rings is 1. The third-order valence-corrected chi connectivity index (χ3v) is 1.83. The van der Waals surface area contributed by atoms with Crippen LogP contribution in [0.4, 0.5) is 0 Å². The largest absolute Gasteiger partial charge is 0.232 e. The van der Waals surface area contributed by atoms with Crippen LogP contribution in [-0.4, -0.2) is 6.61 Å². The molecule has 0 aromatic heterocycles. The van der Waals surface area contributed by atoms with Gasteiger partial charge in [-0.1, -0.05) is 35.9 Å². The summed E-state index contributed by atoms with van der Waals surface area (Å²) < 4.78 is 0. The molecule has 0 spiro atoms. The van der Waals surface area contributed by atoms with E-state index in [1.54, 1.807) is 6.08 Å². The van der Waals surface area contributed by atoms with E-state index in [4.69, 9.17) is 0 Å². The van der Waals surface area contributed by atoms with Crippen molar-refractivity contribution in [3.05, 3.63) is 41.0 Å². The number of hydrogen-bond donors (Lipinski definition) is 0. The molecule has 0 bridgehead atoms. The Morgan fingerprint density at radius 3 is 2.75 bits per heavy atom. The van der Waals surface area contributed by atoms with Crippen LogP contribution < -0.4 is 0 Å². The molecule has 0 heterocycles. The molecule has 1 nitrogen and oxygen atoms in total. The Morgan fingerprint density at radius 1 is 1.33 bits per heavy atom. The van der Waals surface area contributed by atoms with Gasteiger partial charge in [-0.2, -0.15) is 0 Å². The fraction of sp³-hybridized carbons (Fsp3) is 0.273. The van der Waals surface area contributed by atoms with E-state index < -0.39 is 0 Å². The Labute approximate surface area is 73.4 Å². The van der Waals surface area contributed by atoms with Crippen LogP contribution in [0.1, 0.15) is 16.7 Å². The molecule has 0 saturated heterocycles. The van der Waals surface area contributed by atoms with Gasteiger partial charge in [0.05, 0.1) is 0 Å². The summed E-state index contributed by atoms with van der Waals surface area (Å²) >= 11 is 0. The van der Waals surface area contributed by atoms with Crippen molar-refractivity contribution < 1.29 is 5.11 Å². The van der Waals surface area contributed by atoms with Crippen molar-refractivity contribution in [1.29, 1.82) is 0 Å². The molecule has 0 N–H and O–H groups in total. The van der Waals surface area contributed by atoms with Crippen LogP contribution in [-0.2, 0) is 5.11 Å².